The van der Waals surface area contributed by atoms with Gasteiger partial charge in [0.25, 0.3) is 0 Å². The van der Waals surface area contributed by atoms with Gasteiger partial charge in [0.15, 0.2) is 0 Å². The molecule has 1 aromatic rings. The van der Waals surface area contributed by atoms with Gasteiger partial charge in [-0.15, -0.1) is 0 Å². The van der Waals surface area contributed by atoms with E-state index in [0.29, 0.717) is 0 Å². The van der Waals surface area contributed by atoms with Crippen LogP contribution in [-0.4, -0.2) is 49.3 Å². The molecule has 1 N–H and O–H groups in total. The van der Waals surface area contributed by atoms with E-state index in [1.165, 1.54) is 5.69 Å². The van der Waals surface area contributed by atoms with E-state index in [2.05, 4.69) is 22.8 Å². The molecule has 0 bridgehead atoms. The molecule has 0 aliphatic carbocycles. The highest BCUT2D eigenvalue weighted by Gasteiger charge is 2.17. The lowest BCUT2D eigenvalue weighted by Gasteiger charge is -2.36. The molecule has 0 amide bonds. The highest BCUT2D eigenvalue weighted by Crippen LogP contribution is 2.22. The van der Waals surface area contributed by atoms with Crippen LogP contribution in [0.2, 0.25) is 0 Å². The molecule has 0 saturated carbocycles. The normalized spacial score (nSPS) is 16.6. The number of aliphatic hydroxyl groups is 1. The van der Waals surface area contributed by atoms with Crippen LogP contribution in [0.4, 0.5) is 5.69 Å². The number of benzene rings is 1. The fraction of sp³-hybridized carbons (Fsp3) is 0.500. The largest absolute Gasteiger partial charge is 0.395 e. The molecule has 0 spiro atoms. The van der Waals surface area contributed by atoms with Gasteiger partial charge < -0.3 is 10.0 Å². The van der Waals surface area contributed by atoms with Crippen molar-refractivity contribution >= 4 is 5.69 Å². The molecule has 1 aromatic carbocycles. The Bertz CT molecular complexity index is 445. The van der Waals surface area contributed by atoms with Gasteiger partial charge in [0, 0.05) is 38.4 Å². The van der Waals surface area contributed by atoms with Crippen LogP contribution in [0, 0.1) is 18.3 Å². The second kappa shape index (κ2) is 5.85. The minimum Gasteiger partial charge on any atom is -0.395 e. The predicted molar refractivity (Wildman–Crippen MR) is 71.6 cm³/mol. The van der Waals surface area contributed by atoms with Crippen LogP contribution < -0.4 is 4.90 Å². The van der Waals surface area contributed by atoms with Crippen LogP contribution in [-0.2, 0) is 0 Å². The molecule has 4 heteroatoms. The smallest absolute Gasteiger partial charge is 0.0991 e. The average Bonchev–Trinajstić information content (AvgIpc) is 2.40. The second-order valence-corrected chi connectivity index (χ2v) is 4.67. The van der Waals surface area contributed by atoms with E-state index in [0.717, 1.165) is 43.9 Å². The predicted octanol–water partition coefficient (Wildman–Crippen LogP) is 0.981. The minimum atomic E-state index is 0.232. The Morgan fingerprint density at radius 2 is 2.00 bits per heavy atom. The maximum Gasteiger partial charge on any atom is 0.0991 e. The van der Waals surface area contributed by atoms with Crippen molar-refractivity contribution < 1.29 is 5.11 Å². The second-order valence-electron chi connectivity index (χ2n) is 4.67. The van der Waals surface area contributed by atoms with Gasteiger partial charge >= 0.3 is 0 Å². The van der Waals surface area contributed by atoms with Crippen molar-refractivity contribution in [1.82, 2.24) is 4.90 Å². The highest BCUT2D eigenvalue weighted by atomic mass is 16.3. The van der Waals surface area contributed by atoms with E-state index >= 15 is 0 Å². The molecule has 1 heterocycles. The van der Waals surface area contributed by atoms with Gasteiger partial charge in [0.2, 0.25) is 0 Å². The van der Waals surface area contributed by atoms with Crippen molar-refractivity contribution in [2.24, 2.45) is 0 Å². The Morgan fingerprint density at radius 3 is 2.56 bits per heavy atom. The molecule has 18 heavy (non-hydrogen) atoms. The zero-order valence-corrected chi connectivity index (χ0v) is 10.8. The van der Waals surface area contributed by atoms with E-state index in [4.69, 9.17) is 10.4 Å². The number of nitriles is 1. The maximum absolute atomic E-state index is 8.92. The monoisotopic (exact) mass is 245 g/mol. The molecule has 1 fully saturated rings. The van der Waals surface area contributed by atoms with Crippen LogP contribution in [0.3, 0.4) is 0 Å². The Balaban J connectivity index is 2.04. The lowest BCUT2D eigenvalue weighted by molar-refractivity contribution is 0.188. The third-order valence-electron chi connectivity index (χ3n) is 3.46. The van der Waals surface area contributed by atoms with Crippen molar-refractivity contribution in [1.29, 1.82) is 5.26 Å². The molecule has 0 unspecified atom stereocenters. The van der Waals surface area contributed by atoms with Crippen molar-refractivity contribution in [3.63, 3.8) is 0 Å². The molecule has 1 saturated heterocycles. The van der Waals surface area contributed by atoms with Crippen LogP contribution in [0.25, 0.3) is 0 Å². The number of β-amino-alcohol motifs (C(OH)–C–C–N with tert-alkyl or cyclic N) is 1. The first-order valence-corrected chi connectivity index (χ1v) is 6.33. The fourth-order valence-corrected chi connectivity index (χ4v) is 2.43. The van der Waals surface area contributed by atoms with Gasteiger partial charge in [-0.2, -0.15) is 5.26 Å². The summed E-state index contributed by atoms with van der Waals surface area (Å²) in [6.45, 7) is 6.98. The fourth-order valence-electron chi connectivity index (χ4n) is 2.43. The van der Waals surface area contributed by atoms with Crippen LogP contribution in [0.15, 0.2) is 18.2 Å². The summed E-state index contributed by atoms with van der Waals surface area (Å²) in [4.78, 5) is 4.62. The van der Waals surface area contributed by atoms with Gasteiger partial charge in [0.05, 0.1) is 18.2 Å². The van der Waals surface area contributed by atoms with Crippen LogP contribution in [0.1, 0.15) is 11.1 Å². The summed E-state index contributed by atoms with van der Waals surface area (Å²) in [5, 5.41) is 17.8. The molecule has 0 aromatic heterocycles. The van der Waals surface area contributed by atoms with Crippen molar-refractivity contribution in [2.75, 3.05) is 44.2 Å². The summed E-state index contributed by atoms with van der Waals surface area (Å²) in [5.41, 5.74) is 3.09. The molecule has 1 aliphatic rings. The van der Waals surface area contributed by atoms with Gasteiger partial charge in [-0.1, -0.05) is 0 Å². The minimum absolute atomic E-state index is 0.232. The summed E-state index contributed by atoms with van der Waals surface area (Å²) in [6.07, 6.45) is 0. The first-order chi connectivity index (χ1) is 8.74. The van der Waals surface area contributed by atoms with Gasteiger partial charge in [-0.05, 0) is 30.7 Å². The van der Waals surface area contributed by atoms with E-state index in [1.54, 1.807) is 0 Å². The highest BCUT2D eigenvalue weighted by molar-refractivity contribution is 5.56. The molecule has 96 valence electrons. The number of aliphatic hydroxyl groups excluding tert-OH is 1. The molecule has 4 nitrogen and oxygen atoms in total. The number of piperazine rings is 1. The summed E-state index contributed by atoms with van der Waals surface area (Å²) in [6, 6.07) is 8.02. The molecule has 0 radical (unpaired) electrons. The van der Waals surface area contributed by atoms with Crippen LogP contribution >= 0.6 is 0 Å². The van der Waals surface area contributed by atoms with Gasteiger partial charge in [-0.25, -0.2) is 0 Å². The summed E-state index contributed by atoms with van der Waals surface area (Å²) in [5.74, 6) is 0. The number of nitrogens with zero attached hydrogens (tertiary/aromatic N) is 3. The Hall–Kier alpha value is -1.57. The number of hydrogen-bond donors (Lipinski definition) is 1. The van der Waals surface area contributed by atoms with Gasteiger partial charge in [0.1, 0.15) is 0 Å². The molecule has 2 rings (SSSR count). The zero-order chi connectivity index (χ0) is 13.0. The molecular weight excluding hydrogens is 226 g/mol. The topological polar surface area (TPSA) is 50.5 Å². The SMILES string of the molecule is Cc1cc(C#N)ccc1N1CCN(CCO)CC1. The molecule has 0 atom stereocenters. The van der Waals surface area contributed by atoms with Crippen molar-refractivity contribution in [2.45, 2.75) is 6.92 Å². The lowest BCUT2D eigenvalue weighted by atomic mass is 10.1. The van der Waals surface area contributed by atoms with E-state index < -0.39 is 0 Å². The molecular formula is C14H19N3O. The summed E-state index contributed by atoms with van der Waals surface area (Å²) in [7, 11) is 0. The summed E-state index contributed by atoms with van der Waals surface area (Å²) >= 11 is 0. The lowest BCUT2D eigenvalue weighted by Crippen LogP contribution is -2.47. The van der Waals surface area contributed by atoms with E-state index in [9.17, 15) is 0 Å². The number of anilines is 1. The Kier molecular flexibility index (Phi) is 4.19. The van der Waals surface area contributed by atoms with E-state index in [1.807, 2.05) is 18.2 Å². The van der Waals surface area contributed by atoms with Crippen molar-refractivity contribution in [3.05, 3.63) is 29.3 Å². The number of rotatable bonds is 3. The Labute approximate surface area is 108 Å². The van der Waals surface area contributed by atoms with E-state index in [-0.39, 0.29) is 6.61 Å². The van der Waals surface area contributed by atoms with Gasteiger partial charge in [-0.3, -0.25) is 4.90 Å². The molecule has 1 aliphatic heterocycles. The maximum atomic E-state index is 8.92. The number of aryl methyl sites for hydroxylation is 1. The standard InChI is InChI=1S/C14H19N3O/c1-12-10-13(11-15)2-3-14(12)17-6-4-16(5-7-17)8-9-18/h2-3,10,18H,4-9H2,1H3. The first kappa shape index (κ1) is 12.9. The zero-order valence-electron chi connectivity index (χ0n) is 10.8. The first-order valence-electron chi connectivity index (χ1n) is 6.33. The summed E-state index contributed by atoms with van der Waals surface area (Å²) < 4.78 is 0. The van der Waals surface area contributed by atoms with Crippen LogP contribution in [0.5, 0.6) is 0 Å². The quantitative estimate of drug-likeness (QED) is 0.862. The third kappa shape index (κ3) is 2.81. The third-order valence-corrected chi connectivity index (χ3v) is 3.46. The van der Waals surface area contributed by atoms with Crippen molar-refractivity contribution in [3.8, 4) is 6.07 Å². The Morgan fingerprint density at radius 1 is 1.28 bits per heavy atom. The number of hydrogen-bond acceptors (Lipinski definition) is 4. The average molecular weight is 245 g/mol.